The third-order valence-electron chi connectivity index (χ3n) is 4.05. The Morgan fingerprint density at radius 1 is 0.870 bits per heavy atom. The van der Waals surface area contributed by atoms with Crippen LogP contribution < -0.4 is 0 Å². The minimum Gasteiger partial charge on any atom is -0.298 e. The van der Waals surface area contributed by atoms with Gasteiger partial charge < -0.3 is 0 Å². The van der Waals surface area contributed by atoms with E-state index in [1.165, 1.54) is 27.5 Å². The van der Waals surface area contributed by atoms with E-state index >= 15 is 0 Å². The summed E-state index contributed by atoms with van der Waals surface area (Å²) in [7, 11) is 2.18. The summed E-state index contributed by atoms with van der Waals surface area (Å²) in [5.41, 5.74) is 4.03. The number of rotatable bonds is 5. The SMILES string of the molecule is C/C(=C\c1ccccc1)CN(C)Cc1cccc2ccccc12. The van der Waals surface area contributed by atoms with Crippen LogP contribution in [0.1, 0.15) is 18.1 Å². The molecule has 0 aliphatic rings. The van der Waals surface area contributed by atoms with E-state index in [9.17, 15) is 0 Å². The van der Waals surface area contributed by atoms with Gasteiger partial charge in [-0.2, -0.15) is 0 Å². The highest BCUT2D eigenvalue weighted by Gasteiger charge is 2.05. The van der Waals surface area contributed by atoms with Crippen LogP contribution in [0.25, 0.3) is 16.8 Å². The summed E-state index contributed by atoms with van der Waals surface area (Å²) in [6, 6.07) is 25.7. The molecule has 0 aromatic heterocycles. The minimum absolute atomic E-state index is 0.960. The van der Waals surface area contributed by atoms with Crippen LogP contribution in [-0.4, -0.2) is 18.5 Å². The lowest BCUT2D eigenvalue weighted by molar-refractivity contribution is 0.357. The minimum atomic E-state index is 0.960. The third kappa shape index (κ3) is 4.08. The Labute approximate surface area is 138 Å². The van der Waals surface area contributed by atoms with E-state index in [2.05, 4.69) is 97.7 Å². The van der Waals surface area contributed by atoms with Crippen LogP contribution in [0.3, 0.4) is 0 Å². The molecule has 0 fully saturated rings. The summed E-state index contributed by atoms with van der Waals surface area (Å²) in [5, 5.41) is 2.67. The monoisotopic (exact) mass is 301 g/mol. The maximum atomic E-state index is 2.37. The quantitative estimate of drug-likeness (QED) is 0.612. The second-order valence-electron chi connectivity index (χ2n) is 6.21. The predicted octanol–water partition coefficient (Wildman–Crippen LogP) is 5.38. The zero-order chi connectivity index (χ0) is 16.1. The van der Waals surface area contributed by atoms with E-state index in [-0.39, 0.29) is 0 Å². The number of likely N-dealkylation sites (N-methyl/N-ethyl adjacent to an activating group) is 1. The molecule has 0 saturated carbocycles. The normalized spacial score (nSPS) is 12.0. The lowest BCUT2D eigenvalue weighted by atomic mass is 10.0. The molecule has 3 rings (SSSR count). The summed E-state index contributed by atoms with van der Waals surface area (Å²) in [5.74, 6) is 0. The smallest absolute Gasteiger partial charge is 0.0240 e. The first-order chi connectivity index (χ1) is 11.2. The molecule has 0 radical (unpaired) electrons. The van der Waals surface area contributed by atoms with Crippen LogP contribution in [-0.2, 0) is 6.54 Å². The zero-order valence-electron chi connectivity index (χ0n) is 13.9. The highest BCUT2D eigenvalue weighted by Crippen LogP contribution is 2.20. The number of benzene rings is 3. The molecular weight excluding hydrogens is 278 g/mol. The van der Waals surface area contributed by atoms with Crippen molar-refractivity contribution in [2.45, 2.75) is 13.5 Å². The Balaban J connectivity index is 1.71. The maximum absolute atomic E-state index is 2.37. The number of fused-ring (bicyclic) bond motifs is 1. The van der Waals surface area contributed by atoms with Crippen LogP contribution in [0.15, 0.2) is 78.4 Å². The first kappa shape index (κ1) is 15.5. The molecule has 0 spiro atoms. The summed E-state index contributed by atoms with van der Waals surface area (Å²) in [6.45, 7) is 4.13. The molecule has 1 nitrogen and oxygen atoms in total. The molecule has 1 heteroatoms. The Morgan fingerprint density at radius 3 is 2.39 bits per heavy atom. The van der Waals surface area contributed by atoms with Crippen molar-refractivity contribution >= 4 is 16.8 Å². The van der Waals surface area contributed by atoms with Crippen molar-refractivity contribution in [1.29, 1.82) is 0 Å². The van der Waals surface area contributed by atoms with Crippen molar-refractivity contribution in [3.05, 3.63) is 89.5 Å². The Morgan fingerprint density at radius 2 is 1.57 bits per heavy atom. The van der Waals surface area contributed by atoms with Crippen molar-refractivity contribution in [2.75, 3.05) is 13.6 Å². The molecular formula is C22H23N. The standard InChI is InChI=1S/C22H23N/c1-18(15-19-9-4-3-5-10-19)16-23(2)17-21-13-8-12-20-11-6-7-14-22(20)21/h3-15H,16-17H2,1-2H3/b18-15+. The van der Waals surface area contributed by atoms with E-state index in [4.69, 9.17) is 0 Å². The van der Waals surface area contributed by atoms with Crippen molar-refractivity contribution in [1.82, 2.24) is 4.90 Å². The van der Waals surface area contributed by atoms with E-state index in [1.54, 1.807) is 0 Å². The molecule has 0 amide bonds. The summed E-state index contributed by atoms with van der Waals surface area (Å²) < 4.78 is 0. The Hall–Kier alpha value is -2.38. The first-order valence-corrected chi connectivity index (χ1v) is 8.10. The number of hydrogen-bond donors (Lipinski definition) is 0. The first-order valence-electron chi connectivity index (χ1n) is 8.10. The highest BCUT2D eigenvalue weighted by atomic mass is 15.1. The fraction of sp³-hybridized carbons (Fsp3) is 0.182. The number of hydrogen-bond acceptors (Lipinski definition) is 1. The van der Waals surface area contributed by atoms with Gasteiger partial charge >= 0.3 is 0 Å². The third-order valence-corrected chi connectivity index (χ3v) is 4.05. The average molecular weight is 301 g/mol. The van der Waals surface area contributed by atoms with Crippen LogP contribution in [0, 0.1) is 0 Å². The van der Waals surface area contributed by atoms with E-state index in [0.29, 0.717) is 0 Å². The molecule has 3 aromatic carbocycles. The van der Waals surface area contributed by atoms with Crippen molar-refractivity contribution in [3.63, 3.8) is 0 Å². The molecule has 0 saturated heterocycles. The second kappa shape index (κ2) is 7.26. The molecule has 0 unspecified atom stereocenters. The molecule has 0 atom stereocenters. The van der Waals surface area contributed by atoms with Gasteiger partial charge in [0.25, 0.3) is 0 Å². The molecule has 116 valence electrons. The van der Waals surface area contributed by atoms with Gasteiger partial charge in [0.2, 0.25) is 0 Å². The van der Waals surface area contributed by atoms with Gasteiger partial charge in [0.1, 0.15) is 0 Å². The van der Waals surface area contributed by atoms with Crippen molar-refractivity contribution < 1.29 is 0 Å². The topological polar surface area (TPSA) is 3.24 Å². The van der Waals surface area contributed by atoms with Crippen LogP contribution in [0.5, 0.6) is 0 Å². The fourth-order valence-corrected chi connectivity index (χ4v) is 3.08. The molecule has 0 N–H and O–H groups in total. The van der Waals surface area contributed by atoms with Gasteiger partial charge in [-0.3, -0.25) is 4.90 Å². The zero-order valence-corrected chi connectivity index (χ0v) is 13.9. The lowest BCUT2D eigenvalue weighted by Crippen LogP contribution is -2.20. The largest absolute Gasteiger partial charge is 0.298 e. The van der Waals surface area contributed by atoms with Gasteiger partial charge in [-0.1, -0.05) is 84.4 Å². The van der Waals surface area contributed by atoms with Gasteiger partial charge in [-0.25, -0.2) is 0 Å². The summed E-state index contributed by atoms with van der Waals surface area (Å²) in [6.07, 6.45) is 2.26. The van der Waals surface area contributed by atoms with Gasteiger partial charge in [-0.15, -0.1) is 0 Å². The van der Waals surface area contributed by atoms with Crippen LogP contribution in [0.4, 0.5) is 0 Å². The highest BCUT2D eigenvalue weighted by molar-refractivity contribution is 5.85. The molecule has 0 bridgehead atoms. The van der Waals surface area contributed by atoms with Crippen LogP contribution in [0.2, 0.25) is 0 Å². The molecule has 3 aromatic rings. The van der Waals surface area contributed by atoms with Gasteiger partial charge in [0, 0.05) is 13.1 Å². The maximum Gasteiger partial charge on any atom is 0.0240 e. The van der Waals surface area contributed by atoms with E-state index in [1.807, 2.05) is 0 Å². The number of nitrogens with zero attached hydrogens (tertiary/aromatic N) is 1. The van der Waals surface area contributed by atoms with Crippen molar-refractivity contribution in [2.24, 2.45) is 0 Å². The molecule has 0 aliphatic heterocycles. The molecule has 0 aliphatic carbocycles. The second-order valence-corrected chi connectivity index (χ2v) is 6.21. The summed E-state index contributed by atoms with van der Waals surface area (Å²) in [4.78, 5) is 2.37. The van der Waals surface area contributed by atoms with Crippen LogP contribution >= 0.6 is 0 Å². The predicted molar refractivity (Wildman–Crippen MR) is 100 cm³/mol. The molecule has 23 heavy (non-hydrogen) atoms. The Kier molecular flexibility index (Phi) is 4.89. The van der Waals surface area contributed by atoms with Gasteiger partial charge in [-0.05, 0) is 35.9 Å². The van der Waals surface area contributed by atoms with E-state index in [0.717, 1.165) is 13.1 Å². The lowest BCUT2D eigenvalue weighted by Gasteiger charge is -2.18. The van der Waals surface area contributed by atoms with E-state index < -0.39 is 0 Å². The summed E-state index contributed by atoms with van der Waals surface area (Å²) >= 11 is 0. The molecule has 0 heterocycles. The van der Waals surface area contributed by atoms with Gasteiger partial charge in [0.05, 0.1) is 0 Å². The van der Waals surface area contributed by atoms with Crippen molar-refractivity contribution in [3.8, 4) is 0 Å². The fourth-order valence-electron chi connectivity index (χ4n) is 3.08. The van der Waals surface area contributed by atoms with Gasteiger partial charge in [0.15, 0.2) is 0 Å². The average Bonchev–Trinajstić information content (AvgIpc) is 2.56. The Bertz CT molecular complexity index is 797.